The summed E-state index contributed by atoms with van der Waals surface area (Å²) in [6.45, 7) is 2.29. The van der Waals surface area contributed by atoms with Crippen LogP contribution >= 0.6 is 11.8 Å². The fourth-order valence-corrected chi connectivity index (χ4v) is 4.17. The fraction of sp³-hybridized carbons (Fsp3) is 0.667. The Morgan fingerprint density at radius 3 is 2.71 bits per heavy atom. The van der Waals surface area contributed by atoms with Crippen LogP contribution < -0.4 is 0 Å². The molecule has 0 atom stereocenters. The van der Waals surface area contributed by atoms with E-state index in [4.69, 9.17) is 0 Å². The van der Waals surface area contributed by atoms with Crippen LogP contribution in [0.5, 0.6) is 0 Å². The second kappa shape index (κ2) is 6.44. The average molecular weight is 249 g/mol. The molecule has 1 aliphatic carbocycles. The zero-order chi connectivity index (χ0) is 12.0. The van der Waals surface area contributed by atoms with Crippen LogP contribution in [0.4, 0.5) is 0 Å². The Hall–Kier alpha value is -0.500. The maximum Gasteiger partial charge on any atom is 0.0965 e. The van der Waals surface area contributed by atoms with Crippen LogP contribution in [-0.2, 0) is 0 Å². The molecule has 0 unspecified atom stereocenters. The number of thioether (sulfide) groups is 1. The molecule has 0 amide bonds. The van der Waals surface area contributed by atoms with Crippen LogP contribution in [-0.4, -0.2) is 9.73 Å². The third-order valence-corrected chi connectivity index (χ3v) is 5.21. The predicted octanol–water partition coefficient (Wildman–Crippen LogP) is 5.07. The molecule has 0 spiro atoms. The number of nitrogens with zero attached hydrogens (tertiary/aromatic N) is 1. The van der Waals surface area contributed by atoms with Gasteiger partial charge in [0, 0.05) is 10.9 Å². The summed E-state index contributed by atoms with van der Waals surface area (Å²) in [7, 11) is 0. The van der Waals surface area contributed by atoms with Gasteiger partial charge in [0.05, 0.1) is 5.03 Å². The Morgan fingerprint density at radius 1 is 1.24 bits per heavy atom. The maximum atomic E-state index is 4.49. The minimum atomic E-state index is 0.489. The molecule has 17 heavy (non-hydrogen) atoms. The summed E-state index contributed by atoms with van der Waals surface area (Å²) < 4.78 is 0.489. The van der Waals surface area contributed by atoms with E-state index in [1.165, 1.54) is 56.4 Å². The zero-order valence-electron chi connectivity index (χ0n) is 10.8. The molecule has 0 N–H and O–H groups in total. The molecule has 1 heterocycles. The van der Waals surface area contributed by atoms with Crippen molar-refractivity contribution in [3.8, 4) is 0 Å². The van der Waals surface area contributed by atoms with Crippen molar-refractivity contribution in [2.45, 2.75) is 68.1 Å². The Morgan fingerprint density at radius 2 is 2.06 bits per heavy atom. The Balaban J connectivity index is 2.04. The van der Waals surface area contributed by atoms with Gasteiger partial charge in [-0.15, -0.1) is 0 Å². The third kappa shape index (κ3) is 3.74. The van der Waals surface area contributed by atoms with Crippen molar-refractivity contribution >= 4 is 11.8 Å². The summed E-state index contributed by atoms with van der Waals surface area (Å²) in [5.41, 5.74) is 0. The van der Waals surface area contributed by atoms with Crippen molar-refractivity contribution in [1.82, 2.24) is 4.98 Å². The largest absolute Gasteiger partial charge is 0.250 e. The van der Waals surface area contributed by atoms with E-state index in [0.29, 0.717) is 4.75 Å². The monoisotopic (exact) mass is 249 g/mol. The van der Waals surface area contributed by atoms with E-state index in [1.54, 1.807) is 0 Å². The van der Waals surface area contributed by atoms with Crippen molar-refractivity contribution < 1.29 is 0 Å². The molecule has 1 aliphatic rings. The SMILES string of the molecule is CCCCC1(Sc2ccccn2)CCCCC1. The lowest BCUT2D eigenvalue weighted by Crippen LogP contribution is -2.27. The van der Waals surface area contributed by atoms with Crippen LogP contribution in [0.2, 0.25) is 0 Å². The normalized spacial score (nSPS) is 19.1. The third-order valence-electron chi connectivity index (χ3n) is 3.71. The van der Waals surface area contributed by atoms with Crippen LogP contribution in [0.15, 0.2) is 29.4 Å². The van der Waals surface area contributed by atoms with Crippen LogP contribution in [0, 0.1) is 0 Å². The van der Waals surface area contributed by atoms with Gasteiger partial charge >= 0.3 is 0 Å². The van der Waals surface area contributed by atoms with Gasteiger partial charge in [0.2, 0.25) is 0 Å². The lowest BCUT2D eigenvalue weighted by atomic mass is 9.85. The first-order valence-electron chi connectivity index (χ1n) is 6.95. The lowest BCUT2D eigenvalue weighted by molar-refractivity contribution is 0.369. The van der Waals surface area contributed by atoms with Gasteiger partial charge in [0.1, 0.15) is 0 Å². The summed E-state index contributed by atoms with van der Waals surface area (Å²) >= 11 is 2.04. The van der Waals surface area contributed by atoms with Gasteiger partial charge in [-0.1, -0.05) is 56.9 Å². The highest BCUT2D eigenvalue weighted by molar-refractivity contribution is 8.00. The molecule has 0 aliphatic heterocycles. The summed E-state index contributed by atoms with van der Waals surface area (Å²) in [5, 5.41) is 1.21. The smallest absolute Gasteiger partial charge is 0.0965 e. The van der Waals surface area contributed by atoms with Crippen LogP contribution in [0.3, 0.4) is 0 Å². The standard InChI is InChI=1S/C15H23NS/c1-2-3-10-15(11-6-4-7-12-15)17-14-9-5-8-13-16-14/h5,8-9,13H,2-4,6-7,10-12H2,1H3. The second-order valence-electron chi connectivity index (χ2n) is 5.12. The van der Waals surface area contributed by atoms with Gasteiger partial charge in [-0.2, -0.15) is 0 Å². The first-order valence-corrected chi connectivity index (χ1v) is 7.76. The Kier molecular flexibility index (Phi) is 4.90. The molecule has 1 aromatic rings. The topological polar surface area (TPSA) is 12.9 Å². The van der Waals surface area contributed by atoms with Crippen molar-refractivity contribution in [3.63, 3.8) is 0 Å². The van der Waals surface area contributed by atoms with Crippen molar-refractivity contribution in [2.75, 3.05) is 0 Å². The quantitative estimate of drug-likeness (QED) is 0.723. The van der Waals surface area contributed by atoms with E-state index in [2.05, 4.69) is 24.0 Å². The zero-order valence-corrected chi connectivity index (χ0v) is 11.6. The molecule has 1 nitrogen and oxygen atoms in total. The first kappa shape index (κ1) is 12.9. The number of pyridine rings is 1. The molecule has 2 rings (SSSR count). The Labute approximate surface area is 109 Å². The fourth-order valence-electron chi connectivity index (χ4n) is 2.73. The maximum absolute atomic E-state index is 4.49. The van der Waals surface area contributed by atoms with Crippen molar-refractivity contribution in [2.24, 2.45) is 0 Å². The molecule has 1 fully saturated rings. The van der Waals surface area contributed by atoms with E-state index in [0.717, 1.165) is 0 Å². The average Bonchev–Trinajstić information content (AvgIpc) is 2.39. The Bertz CT molecular complexity index is 317. The number of aromatic nitrogens is 1. The molecule has 1 aromatic heterocycles. The van der Waals surface area contributed by atoms with Gasteiger partial charge in [0.15, 0.2) is 0 Å². The minimum absolute atomic E-state index is 0.489. The summed E-state index contributed by atoms with van der Waals surface area (Å²) in [4.78, 5) is 4.49. The molecule has 0 saturated heterocycles. The molecule has 1 saturated carbocycles. The van der Waals surface area contributed by atoms with Crippen molar-refractivity contribution in [1.29, 1.82) is 0 Å². The summed E-state index contributed by atoms with van der Waals surface area (Å²) in [6.07, 6.45) is 13.0. The van der Waals surface area contributed by atoms with E-state index >= 15 is 0 Å². The number of hydrogen-bond acceptors (Lipinski definition) is 2. The molecule has 2 heteroatoms. The van der Waals surface area contributed by atoms with Gasteiger partial charge < -0.3 is 0 Å². The molecule has 0 radical (unpaired) electrons. The highest BCUT2D eigenvalue weighted by atomic mass is 32.2. The van der Waals surface area contributed by atoms with E-state index in [9.17, 15) is 0 Å². The van der Waals surface area contributed by atoms with E-state index < -0.39 is 0 Å². The number of unbranched alkanes of at least 4 members (excludes halogenated alkanes) is 1. The molecule has 0 bridgehead atoms. The molecule has 0 aromatic carbocycles. The molecular formula is C15H23NS. The van der Waals surface area contributed by atoms with Crippen LogP contribution in [0.1, 0.15) is 58.3 Å². The highest BCUT2D eigenvalue weighted by Crippen LogP contribution is 2.46. The molecule has 94 valence electrons. The predicted molar refractivity (Wildman–Crippen MR) is 75.4 cm³/mol. The first-order chi connectivity index (χ1) is 8.35. The number of rotatable bonds is 5. The van der Waals surface area contributed by atoms with E-state index in [1.807, 2.05) is 24.0 Å². The van der Waals surface area contributed by atoms with Gasteiger partial charge in [-0.3, -0.25) is 0 Å². The lowest BCUT2D eigenvalue weighted by Gasteiger charge is -2.36. The van der Waals surface area contributed by atoms with Crippen molar-refractivity contribution in [3.05, 3.63) is 24.4 Å². The number of hydrogen-bond donors (Lipinski definition) is 0. The minimum Gasteiger partial charge on any atom is -0.250 e. The van der Waals surface area contributed by atoms with Crippen LogP contribution in [0.25, 0.3) is 0 Å². The van der Waals surface area contributed by atoms with Gasteiger partial charge in [-0.25, -0.2) is 4.98 Å². The summed E-state index contributed by atoms with van der Waals surface area (Å²) in [6, 6.07) is 6.27. The second-order valence-corrected chi connectivity index (χ2v) is 6.61. The molecular weight excluding hydrogens is 226 g/mol. The summed E-state index contributed by atoms with van der Waals surface area (Å²) in [5.74, 6) is 0. The van der Waals surface area contributed by atoms with Gasteiger partial charge in [-0.05, 0) is 31.4 Å². The van der Waals surface area contributed by atoms with Gasteiger partial charge in [0.25, 0.3) is 0 Å². The van der Waals surface area contributed by atoms with E-state index in [-0.39, 0.29) is 0 Å². The highest BCUT2D eigenvalue weighted by Gasteiger charge is 2.32.